The lowest BCUT2D eigenvalue weighted by molar-refractivity contribution is -0.131. The van der Waals surface area contributed by atoms with Crippen molar-refractivity contribution in [3.8, 4) is 5.75 Å². The highest BCUT2D eigenvalue weighted by atomic mass is 79.9. The van der Waals surface area contributed by atoms with E-state index >= 15 is 0 Å². The van der Waals surface area contributed by atoms with E-state index in [2.05, 4.69) is 21.4 Å². The van der Waals surface area contributed by atoms with Crippen molar-refractivity contribution in [1.29, 1.82) is 0 Å². The van der Waals surface area contributed by atoms with Gasteiger partial charge in [0, 0.05) is 17.2 Å². The van der Waals surface area contributed by atoms with Crippen LogP contribution in [0.25, 0.3) is 0 Å². The smallest absolute Gasteiger partial charge is 0.328 e. The van der Waals surface area contributed by atoms with Crippen molar-refractivity contribution in [1.82, 2.24) is 10.9 Å². The molecule has 0 atom stereocenters. The molecule has 0 aliphatic heterocycles. The van der Waals surface area contributed by atoms with Crippen molar-refractivity contribution in [2.45, 2.75) is 0 Å². The van der Waals surface area contributed by atoms with Gasteiger partial charge in [-0.2, -0.15) is 0 Å². The van der Waals surface area contributed by atoms with Crippen LogP contribution in [0.2, 0.25) is 5.02 Å². The molecule has 1 aromatic rings. The van der Waals surface area contributed by atoms with Gasteiger partial charge in [0.1, 0.15) is 5.75 Å². The van der Waals surface area contributed by atoms with Crippen molar-refractivity contribution in [2.75, 3.05) is 6.61 Å². The summed E-state index contributed by atoms with van der Waals surface area (Å²) in [6.07, 6.45) is 1.40. The van der Waals surface area contributed by atoms with Gasteiger partial charge in [-0.3, -0.25) is 20.4 Å². The highest BCUT2D eigenvalue weighted by Crippen LogP contribution is 2.27. The Morgan fingerprint density at radius 1 is 1.29 bits per heavy atom. The van der Waals surface area contributed by atoms with Crippen molar-refractivity contribution in [3.05, 3.63) is 39.8 Å². The Morgan fingerprint density at radius 3 is 2.62 bits per heavy atom. The Hall–Kier alpha value is -2.06. The quantitative estimate of drug-likeness (QED) is 0.529. The number of carbonyl (C=O) groups is 3. The second-order valence-electron chi connectivity index (χ2n) is 3.57. The molecule has 9 heteroatoms. The standard InChI is InChI=1S/C12H10BrClN2O5/c13-8-5-7(14)1-2-9(8)21-6-11(18)16-15-10(17)3-4-12(19)20/h1-5H,6H2,(H,15,17)(H,16,18)(H,19,20)/b4-3+. The molecule has 0 aromatic heterocycles. The summed E-state index contributed by atoms with van der Waals surface area (Å²) in [6.45, 7) is -0.344. The predicted molar refractivity (Wildman–Crippen MR) is 77.7 cm³/mol. The number of aliphatic carboxylic acids is 1. The molecule has 0 fully saturated rings. The molecule has 2 amide bonds. The third-order valence-electron chi connectivity index (χ3n) is 1.96. The van der Waals surface area contributed by atoms with E-state index in [4.69, 9.17) is 21.4 Å². The lowest BCUT2D eigenvalue weighted by Gasteiger charge is -2.09. The summed E-state index contributed by atoms with van der Waals surface area (Å²) in [5.41, 5.74) is 4.05. The van der Waals surface area contributed by atoms with Gasteiger partial charge < -0.3 is 9.84 Å². The van der Waals surface area contributed by atoms with Gasteiger partial charge >= 0.3 is 5.97 Å². The Bertz CT molecular complexity index is 591. The van der Waals surface area contributed by atoms with Gasteiger partial charge in [0.05, 0.1) is 4.47 Å². The average Bonchev–Trinajstić information content (AvgIpc) is 2.41. The molecule has 0 aliphatic carbocycles. The lowest BCUT2D eigenvalue weighted by Crippen LogP contribution is -2.43. The minimum absolute atomic E-state index is 0.344. The summed E-state index contributed by atoms with van der Waals surface area (Å²) in [7, 11) is 0. The maximum atomic E-state index is 11.4. The van der Waals surface area contributed by atoms with Gasteiger partial charge in [0.2, 0.25) is 0 Å². The van der Waals surface area contributed by atoms with Crippen LogP contribution in [0.15, 0.2) is 34.8 Å². The van der Waals surface area contributed by atoms with Gasteiger partial charge in [0.25, 0.3) is 11.8 Å². The first kappa shape index (κ1) is 17.0. The number of hydrazine groups is 1. The number of carbonyl (C=O) groups excluding carboxylic acids is 2. The van der Waals surface area contributed by atoms with Gasteiger partial charge in [-0.25, -0.2) is 4.79 Å². The fourth-order valence-electron chi connectivity index (χ4n) is 1.09. The number of hydrogen-bond acceptors (Lipinski definition) is 4. The van der Waals surface area contributed by atoms with E-state index in [0.29, 0.717) is 21.3 Å². The van der Waals surface area contributed by atoms with Crippen LogP contribution in [-0.4, -0.2) is 29.5 Å². The Labute approximate surface area is 133 Å². The maximum Gasteiger partial charge on any atom is 0.328 e. The van der Waals surface area contributed by atoms with E-state index in [1.807, 2.05) is 5.43 Å². The fraction of sp³-hybridized carbons (Fsp3) is 0.0833. The maximum absolute atomic E-state index is 11.4. The van der Waals surface area contributed by atoms with Crippen LogP contribution in [0.1, 0.15) is 0 Å². The first-order valence-electron chi connectivity index (χ1n) is 5.46. The molecular weight excluding hydrogens is 367 g/mol. The molecule has 0 saturated heterocycles. The summed E-state index contributed by atoms with van der Waals surface area (Å²) in [5, 5.41) is 8.82. The zero-order chi connectivity index (χ0) is 15.8. The highest BCUT2D eigenvalue weighted by Gasteiger charge is 2.06. The molecule has 0 saturated carbocycles. The average molecular weight is 378 g/mol. The minimum Gasteiger partial charge on any atom is -0.483 e. The van der Waals surface area contributed by atoms with Crippen LogP contribution in [0, 0.1) is 0 Å². The second kappa shape index (κ2) is 8.28. The summed E-state index contributed by atoms with van der Waals surface area (Å²) in [5.74, 6) is -2.26. The number of benzene rings is 1. The van der Waals surface area contributed by atoms with Crippen molar-refractivity contribution >= 4 is 45.3 Å². The zero-order valence-electron chi connectivity index (χ0n) is 10.4. The Balaban J connectivity index is 2.37. The van der Waals surface area contributed by atoms with Crippen LogP contribution < -0.4 is 15.6 Å². The molecule has 3 N–H and O–H groups in total. The molecule has 0 radical (unpaired) electrons. The van der Waals surface area contributed by atoms with Crippen LogP contribution in [0.4, 0.5) is 0 Å². The van der Waals surface area contributed by atoms with Crippen molar-refractivity contribution in [2.24, 2.45) is 0 Å². The second-order valence-corrected chi connectivity index (χ2v) is 4.86. The minimum atomic E-state index is -1.27. The molecule has 0 bridgehead atoms. The van der Waals surface area contributed by atoms with Gasteiger partial charge in [-0.05, 0) is 34.1 Å². The number of amides is 2. The predicted octanol–water partition coefficient (Wildman–Crippen LogP) is 1.27. The van der Waals surface area contributed by atoms with Gasteiger partial charge in [0.15, 0.2) is 6.61 Å². The van der Waals surface area contributed by atoms with E-state index in [1.165, 1.54) is 0 Å². The lowest BCUT2D eigenvalue weighted by atomic mass is 10.3. The number of carboxylic acid groups (broad SMARTS) is 1. The molecular formula is C12H10BrClN2O5. The third kappa shape index (κ3) is 6.77. The molecule has 0 unspecified atom stereocenters. The van der Waals surface area contributed by atoms with Crippen molar-refractivity contribution < 1.29 is 24.2 Å². The molecule has 0 spiro atoms. The Morgan fingerprint density at radius 2 is 2.00 bits per heavy atom. The SMILES string of the molecule is O=C(O)/C=C/C(=O)NNC(=O)COc1ccc(Cl)cc1Br. The Kier molecular flexibility index (Phi) is 6.70. The van der Waals surface area contributed by atoms with Crippen LogP contribution in [0.3, 0.4) is 0 Å². The van der Waals surface area contributed by atoms with Gasteiger partial charge in [-0.15, -0.1) is 0 Å². The van der Waals surface area contributed by atoms with E-state index in [-0.39, 0.29) is 6.61 Å². The van der Waals surface area contributed by atoms with E-state index in [9.17, 15) is 14.4 Å². The van der Waals surface area contributed by atoms with E-state index in [0.717, 1.165) is 6.08 Å². The zero-order valence-corrected chi connectivity index (χ0v) is 12.8. The summed E-state index contributed by atoms with van der Waals surface area (Å²) in [4.78, 5) is 32.7. The number of nitrogens with one attached hydrogen (secondary N) is 2. The topological polar surface area (TPSA) is 105 Å². The molecule has 7 nitrogen and oxygen atoms in total. The summed E-state index contributed by atoms with van der Waals surface area (Å²) < 4.78 is 5.78. The monoisotopic (exact) mass is 376 g/mol. The van der Waals surface area contributed by atoms with Gasteiger partial charge in [-0.1, -0.05) is 11.6 Å². The fourth-order valence-corrected chi connectivity index (χ4v) is 1.89. The number of halogens is 2. The molecule has 1 rings (SSSR count). The van der Waals surface area contributed by atoms with E-state index in [1.54, 1.807) is 18.2 Å². The van der Waals surface area contributed by atoms with E-state index < -0.39 is 17.8 Å². The van der Waals surface area contributed by atoms with Crippen LogP contribution >= 0.6 is 27.5 Å². The van der Waals surface area contributed by atoms with Crippen LogP contribution in [0.5, 0.6) is 5.75 Å². The number of carboxylic acids is 1. The normalized spacial score (nSPS) is 10.2. The molecule has 0 aliphatic rings. The number of rotatable bonds is 5. The molecule has 0 heterocycles. The molecule has 21 heavy (non-hydrogen) atoms. The summed E-state index contributed by atoms with van der Waals surface area (Å²) >= 11 is 8.97. The number of hydrogen-bond donors (Lipinski definition) is 3. The first-order chi connectivity index (χ1) is 9.88. The molecule has 112 valence electrons. The van der Waals surface area contributed by atoms with Crippen LogP contribution in [-0.2, 0) is 14.4 Å². The largest absolute Gasteiger partial charge is 0.483 e. The summed E-state index contributed by atoms with van der Waals surface area (Å²) in [6, 6.07) is 4.78. The highest BCUT2D eigenvalue weighted by molar-refractivity contribution is 9.10. The first-order valence-corrected chi connectivity index (χ1v) is 6.63. The number of ether oxygens (including phenoxy) is 1. The molecule has 1 aromatic carbocycles. The third-order valence-corrected chi connectivity index (χ3v) is 2.81. The van der Waals surface area contributed by atoms with Crippen molar-refractivity contribution in [3.63, 3.8) is 0 Å².